The maximum absolute atomic E-state index is 11.9. The Morgan fingerprint density at radius 1 is 1.42 bits per heavy atom. The van der Waals surface area contributed by atoms with Gasteiger partial charge in [-0.15, -0.1) is 11.3 Å². The summed E-state index contributed by atoms with van der Waals surface area (Å²) in [6, 6.07) is 5.05. The number of benzene rings is 1. The first kappa shape index (κ1) is 13.5. The van der Waals surface area contributed by atoms with E-state index in [-0.39, 0.29) is 17.1 Å². The third-order valence-electron chi connectivity index (χ3n) is 2.27. The molecule has 0 aliphatic heterocycles. The fraction of sp³-hybridized carbons (Fsp3) is 0. The van der Waals surface area contributed by atoms with Crippen molar-refractivity contribution in [3.63, 3.8) is 0 Å². The first-order valence-corrected chi connectivity index (χ1v) is 6.67. The van der Waals surface area contributed by atoms with Crippen LogP contribution in [0.15, 0.2) is 33.4 Å². The van der Waals surface area contributed by atoms with Crippen LogP contribution in [0, 0.1) is 10.1 Å². The molecule has 0 atom stereocenters. The summed E-state index contributed by atoms with van der Waals surface area (Å²) in [4.78, 5) is 21.9. The predicted octanol–water partition coefficient (Wildman–Crippen LogP) is 3.38. The number of amides is 1. The molecule has 1 aromatic carbocycles. The van der Waals surface area contributed by atoms with Gasteiger partial charge < -0.3 is 10.4 Å². The van der Waals surface area contributed by atoms with Crippen LogP contribution in [0.2, 0.25) is 0 Å². The normalized spacial score (nSPS) is 10.2. The van der Waals surface area contributed by atoms with Crippen LogP contribution < -0.4 is 5.32 Å². The van der Waals surface area contributed by atoms with E-state index in [1.54, 1.807) is 11.4 Å². The van der Waals surface area contributed by atoms with E-state index in [9.17, 15) is 20.0 Å². The van der Waals surface area contributed by atoms with Gasteiger partial charge in [0.25, 0.3) is 11.6 Å². The molecule has 2 N–H and O–H groups in total. The monoisotopic (exact) mass is 342 g/mol. The van der Waals surface area contributed by atoms with Crippen molar-refractivity contribution in [2.75, 3.05) is 5.32 Å². The van der Waals surface area contributed by atoms with Gasteiger partial charge in [0.1, 0.15) is 5.75 Å². The number of halogens is 1. The molecule has 98 valence electrons. The van der Waals surface area contributed by atoms with E-state index in [2.05, 4.69) is 21.2 Å². The maximum atomic E-state index is 11.9. The molecule has 1 heterocycles. The lowest BCUT2D eigenvalue weighted by atomic mass is 10.2. The van der Waals surface area contributed by atoms with E-state index >= 15 is 0 Å². The number of hydrogen-bond acceptors (Lipinski definition) is 5. The molecule has 2 aromatic rings. The molecular formula is C11H7BrN2O4S. The molecule has 0 saturated heterocycles. The number of rotatable bonds is 3. The highest BCUT2D eigenvalue weighted by Crippen LogP contribution is 2.29. The van der Waals surface area contributed by atoms with Crippen LogP contribution in [0.25, 0.3) is 0 Å². The van der Waals surface area contributed by atoms with Gasteiger partial charge in [0.2, 0.25) is 0 Å². The number of hydrogen-bond donors (Lipinski definition) is 2. The van der Waals surface area contributed by atoms with Crippen LogP contribution in [0.5, 0.6) is 5.75 Å². The molecule has 0 bridgehead atoms. The Morgan fingerprint density at radius 2 is 2.16 bits per heavy atom. The second kappa shape index (κ2) is 5.37. The van der Waals surface area contributed by atoms with Crippen molar-refractivity contribution in [1.29, 1.82) is 0 Å². The number of nitro benzene ring substituents is 1. The zero-order valence-corrected chi connectivity index (χ0v) is 11.7. The molecular weight excluding hydrogens is 336 g/mol. The number of phenolic OH excluding ortho intramolecular Hbond substituents is 1. The number of carbonyl (C=O) groups excluding carboxylic acids is 1. The van der Waals surface area contributed by atoms with E-state index in [1.807, 2.05) is 0 Å². The number of nitro groups is 1. The van der Waals surface area contributed by atoms with Crippen molar-refractivity contribution < 1.29 is 14.8 Å². The number of aromatic hydroxyl groups is 1. The Hall–Kier alpha value is -1.93. The summed E-state index contributed by atoms with van der Waals surface area (Å²) < 4.78 is 0.793. The number of non-ortho nitro benzene ring substituents is 1. The van der Waals surface area contributed by atoms with E-state index in [0.717, 1.165) is 22.0 Å². The minimum atomic E-state index is -0.601. The van der Waals surface area contributed by atoms with Crippen LogP contribution in [0.4, 0.5) is 11.4 Å². The topological polar surface area (TPSA) is 92.5 Å². The molecule has 0 spiro atoms. The average Bonchev–Trinajstić information content (AvgIpc) is 2.78. The lowest BCUT2D eigenvalue weighted by molar-refractivity contribution is -0.384. The van der Waals surface area contributed by atoms with E-state index in [4.69, 9.17) is 0 Å². The molecule has 1 amide bonds. The van der Waals surface area contributed by atoms with Gasteiger partial charge in [-0.1, -0.05) is 0 Å². The van der Waals surface area contributed by atoms with Crippen molar-refractivity contribution >= 4 is 44.5 Å². The zero-order chi connectivity index (χ0) is 14.0. The Labute approximate surface area is 120 Å². The zero-order valence-electron chi connectivity index (χ0n) is 9.29. The Morgan fingerprint density at radius 3 is 2.74 bits per heavy atom. The largest absolute Gasteiger partial charge is 0.506 e. The van der Waals surface area contributed by atoms with Crippen LogP contribution in [0.1, 0.15) is 10.4 Å². The standard InChI is InChI=1S/C11H7BrN2O4S/c12-10-3-6(5-19-10)11(16)13-8-4-7(14(17)18)1-2-9(8)15/h1-5,15H,(H,13,16). The van der Waals surface area contributed by atoms with Gasteiger partial charge in [-0.2, -0.15) is 0 Å². The molecule has 0 aliphatic carbocycles. The summed E-state index contributed by atoms with van der Waals surface area (Å²) in [5, 5.41) is 24.3. The van der Waals surface area contributed by atoms with E-state index < -0.39 is 10.8 Å². The van der Waals surface area contributed by atoms with Gasteiger partial charge in [0, 0.05) is 17.5 Å². The van der Waals surface area contributed by atoms with Crippen molar-refractivity contribution in [3.05, 3.63) is 49.1 Å². The molecule has 8 heteroatoms. The van der Waals surface area contributed by atoms with E-state index in [1.165, 1.54) is 11.3 Å². The summed E-state index contributed by atoms with van der Waals surface area (Å²) in [7, 11) is 0. The molecule has 0 fully saturated rings. The summed E-state index contributed by atoms with van der Waals surface area (Å²) in [5.41, 5.74) is 0.198. The highest BCUT2D eigenvalue weighted by molar-refractivity contribution is 9.11. The Kier molecular flexibility index (Phi) is 3.82. The summed E-state index contributed by atoms with van der Waals surface area (Å²) in [5.74, 6) is -0.675. The predicted molar refractivity (Wildman–Crippen MR) is 74.7 cm³/mol. The summed E-state index contributed by atoms with van der Waals surface area (Å²) in [6.07, 6.45) is 0. The first-order chi connectivity index (χ1) is 8.97. The van der Waals surface area contributed by atoms with Crippen LogP contribution in [-0.4, -0.2) is 15.9 Å². The molecule has 0 unspecified atom stereocenters. The summed E-state index contributed by atoms with van der Waals surface area (Å²) in [6.45, 7) is 0. The number of nitrogens with one attached hydrogen (secondary N) is 1. The Bertz CT molecular complexity index is 656. The lowest BCUT2D eigenvalue weighted by Crippen LogP contribution is -2.11. The molecule has 0 aliphatic rings. The van der Waals surface area contributed by atoms with Gasteiger partial charge in [0.15, 0.2) is 0 Å². The van der Waals surface area contributed by atoms with Crippen LogP contribution in [0.3, 0.4) is 0 Å². The van der Waals surface area contributed by atoms with Gasteiger partial charge in [0.05, 0.1) is 20.0 Å². The molecule has 19 heavy (non-hydrogen) atoms. The quantitative estimate of drug-likeness (QED) is 0.508. The number of phenols is 1. The minimum Gasteiger partial charge on any atom is -0.506 e. The van der Waals surface area contributed by atoms with Gasteiger partial charge >= 0.3 is 0 Å². The average molecular weight is 343 g/mol. The SMILES string of the molecule is O=C(Nc1cc([N+](=O)[O-])ccc1O)c1csc(Br)c1. The molecule has 0 saturated carbocycles. The highest BCUT2D eigenvalue weighted by atomic mass is 79.9. The lowest BCUT2D eigenvalue weighted by Gasteiger charge is -2.05. The third kappa shape index (κ3) is 3.09. The van der Waals surface area contributed by atoms with Crippen molar-refractivity contribution in [2.24, 2.45) is 0 Å². The van der Waals surface area contributed by atoms with Gasteiger partial charge in [-0.05, 0) is 28.1 Å². The molecule has 6 nitrogen and oxygen atoms in total. The van der Waals surface area contributed by atoms with Gasteiger partial charge in [-0.25, -0.2) is 0 Å². The number of anilines is 1. The summed E-state index contributed by atoms with van der Waals surface area (Å²) >= 11 is 4.57. The van der Waals surface area contributed by atoms with Crippen molar-refractivity contribution in [1.82, 2.24) is 0 Å². The number of thiophene rings is 1. The van der Waals surface area contributed by atoms with Gasteiger partial charge in [-0.3, -0.25) is 14.9 Å². The molecule has 1 aromatic heterocycles. The fourth-order valence-electron chi connectivity index (χ4n) is 1.36. The smallest absolute Gasteiger partial charge is 0.271 e. The molecule has 2 rings (SSSR count). The first-order valence-electron chi connectivity index (χ1n) is 5.00. The number of carbonyl (C=O) groups is 1. The van der Waals surface area contributed by atoms with Crippen molar-refractivity contribution in [3.8, 4) is 5.75 Å². The number of nitrogens with zero attached hydrogens (tertiary/aromatic N) is 1. The Balaban J connectivity index is 2.25. The molecule has 0 radical (unpaired) electrons. The maximum Gasteiger partial charge on any atom is 0.271 e. The van der Waals surface area contributed by atoms with E-state index in [0.29, 0.717) is 5.56 Å². The highest BCUT2D eigenvalue weighted by Gasteiger charge is 2.14. The second-order valence-corrected chi connectivity index (χ2v) is 5.84. The second-order valence-electron chi connectivity index (χ2n) is 3.55. The minimum absolute atomic E-state index is 0.00141. The van der Waals surface area contributed by atoms with Crippen LogP contribution in [-0.2, 0) is 0 Å². The van der Waals surface area contributed by atoms with Crippen molar-refractivity contribution in [2.45, 2.75) is 0 Å². The third-order valence-corrected chi connectivity index (χ3v) is 3.77. The van der Waals surface area contributed by atoms with Crippen LogP contribution >= 0.6 is 27.3 Å². The fourth-order valence-corrected chi connectivity index (χ4v) is 2.50.